The zero-order valence-corrected chi connectivity index (χ0v) is 13.9. The standard InChI is InChI=1S/C16H17N3O4.ClH/c1-18-14(20)11-9-19(8-7-12(11)17-16(18)23)13(15(21)22)10-5-3-2-4-6-10;/h2-6,13H,7-9H2,1H3,(H,17,23)(H,21,22);1H. The summed E-state index contributed by atoms with van der Waals surface area (Å²) in [5, 5.41) is 9.61. The Kier molecular flexibility index (Phi) is 5.26. The number of aliphatic carboxylic acids is 1. The van der Waals surface area contributed by atoms with Gasteiger partial charge in [0.05, 0.1) is 5.56 Å². The predicted molar refractivity (Wildman–Crippen MR) is 90.5 cm³/mol. The lowest BCUT2D eigenvalue weighted by Gasteiger charge is -2.32. The van der Waals surface area contributed by atoms with Gasteiger partial charge in [0.15, 0.2) is 0 Å². The van der Waals surface area contributed by atoms with Gasteiger partial charge in [0, 0.05) is 32.3 Å². The fraction of sp³-hybridized carbons (Fsp3) is 0.312. The number of nitrogens with one attached hydrogen (secondary N) is 1. The molecule has 0 saturated carbocycles. The van der Waals surface area contributed by atoms with Gasteiger partial charge in [-0.3, -0.25) is 19.1 Å². The average molecular weight is 352 g/mol. The Labute approximate surface area is 144 Å². The number of aromatic nitrogens is 2. The van der Waals surface area contributed by atoms with E-state index in [0.29, 0.717) is 29.8 Å². The van der Waals surface area contributed by atoms with Crippen LogP contribution in [0.1, 0.15) is 22.9 Å². The zero-order chi connectivity index (χ0) is 16.6. The van der Waals surface area contributed by atoms with Crippen LogP contribution >= 0.6 is 12.4 Å². The highest BCUT2D eigenvalue weighted by Gasteiger charge is 2.31. The van der Waals surface area contributed by atoms with Gasteiger partial charge < -0.3 is 10.1 Å². The highest BCUT2D eigenvalue weighted by atomic mass is 35.5. The molecular weight excluding hydrogens is 334 g/mol. The Hall–Kier alpha value is -2.38. The van der Waals surface area contributed by atoms with E-state index < -0.39 is 17.7 Å². The van der Waals surface area contributed by atoms with E-state index in [1.807, 2.05) is 6.07 Å². The lowest BCUT2D eigenvalue weighted by atomic mass is 10.0. The SMILES string of the molecule is Cl.Cn1c(=O)[nH]c2c(c1=O)CN(C(C(=O)O)c1ccccc1)CC2. The van der Waals surface area contributed by atoms with Crippen LogP contribution in [-0.2, 0) is 24.8 Å². The quantitative estimate of drug-likeness (QED) is 0.847. The van der Waals surface area contributed by atoms with E-state index in [1.54, 1.807) is 29.2 Å². The van der Waals surface area contributed by atoms with Gasteiger partial charge in [0.2, 0.25) is 0 Å². The molecule has 0 radical (unpaired) electrons. The van der Waals surface area contributed by atoms with E-state index in [-0.39, 0.29) is 24.5 Å². The number of carbonyl (C=O) groups is 1. The molecule has 128 valence electrons. The van der Waals surface area contributed by atoms with Crippen molar-refractivity contribution in [2.24, 2.45) is 7.05 Å². The smallest absolute Gasteiger partial charge is 0.328 e. The van der Waals surface area contributed by atoms with Crippen molar-refractivity contribution in [3.8, 4) is 0 Å². The molecule has 24 heavy (non-hydrogen) atoms. The van der Waals surface area contributed by atoms with Crippen LogP contribution in [0, 0.1) is 0 Å². The van der Waals surface area contributed by atoms with E-state index >= 15 is 0 Å². The van der Waals surface area contributed by atoms with E-state index in [4.69, 9.17) is 0 Å². The summed E-state index contributed by atoms with van der Waals surface area (Å²) in [6, 6.07) is 8.12. The maximum absolute atomic E-state index is 12.3. The van der Waals surface area contributed by atoms with Crippen molar-refractivity contribution in [3.63, 3.8) is 0 Å². The maximum Gasteiger partial charge on any atom is 0.328 e. The third kappa shape index (κ3) is 3.13. The normalized spacial score (nSPS) is 15.2. The van der Waals surface area contributed by atoms with Crippen molar-refractivity contribution in [2.75, 3.05) is 6.54 Å². The molecule has 2 N–H and O–H groups in total. The summed E-state index contributed by atoms with van der Waals surface area (Å²) in [6.45, 7) is 0.659. The summed E-state index contributed by atoms with van der Waals surface area (Å²) in [7, 11) is 1.41. The molecule has 0 bridgehead atoms. The molecule has 2 heterocycles. The Morgan fingerprint density at radius 1 is 1.25 bits per heavy atom. The highest BCUT2D eigenvalue weighted by Crippen LogP contribution is 2.25. The number of hydrogen-bond acceptors (Lipinski definition) is 4. The first-order valence-electron chi connectivity index (χ1n) is 7.32. The van der Waals surface area contributed by atoms with Crippen molar-refractivity contribution in [3.05, 3.63) is 68.0 Å². The molecule has 0 fully saturated rings. The maximum atomic E-state index is 12.3. The minimum atomic E-state index is -0.958. The van der Waals surface area contributed by atoms with Gasteiger partial charge in [-0.05, 0) is 5.56 Å². The van der Waals surface area contributed by atoms with Crippen LogP contribution in [0.2, 0.25) is 0 Å². The van der Waals surface area contributed by atoms with Crippen LogP contribution < -0.4 is 11.2 Å². The van der Waals surface area contributed by atoms with Crippen LogP contribution in [0.15, 0.2) is 39.9 Å². The molecule has 0 aliphatic carbocycles. The molecule has 1 atom stereocenters. The number of H-pyrrole nitrogens is 1. The van der Waals surface area contributed by atoms with Crippen LogP contribution in [-0.4, -0.2) is 32.1 Å². The third-order valence-electron chi connectivity index (χ3n) is 4.21. The molecular formula is C16H18ClN3O4. The lowest BCUT2D eigenvalue weighted by molar-refractivity contribution is -0.144. The van der Waals surface area contributed by atoms with E-state index in [0.717, 1.165) is 4.57 Å². The fourth-order valence-electron chi connectivity index (χ4n) is 2.99. The van der Waals surface area contributed by atoms with Crippen LogP contribution in [0.25, 0.3) is 0 Å². The van der Waals surface area contributed by atoms with Gasteiger partial charge in [-0.25, -0.2) is 4.79 Å². The molecule has 0 spiro atoms. The number of rotatable bonds is 3. The second-order valence-corrected chi connectivity index (χ2v) is 5.62. The highest BCUT2D eigenvalue weighted by molar-refractivity contribution is 5.85. The topological polar surface area (TPSA) is 95.4 Å². The third-order valence-corrected chi connectivity index (χ3v) is 4.21. The van der Waals surface area contributed by atoms with Gasteiger partial charge in [-0.15, -0.1) is 12.4 Å². The first-order chi connectivity index (χ1) is 11.0. The molecule has 8 heteroatoms. The first-order valence-corrected chi connectivity index (χ1v) is 7.32. The van der Waals surface area contributed by atoms with Gasteiger partial charge >= 0.3 is 11.7 Å². The van der Waals surface area contributed by atoms with Gasteiger partial charge in [-0.2, -0.15) is 0 Å². The second-order valence-electron chi connectivity index (χ2n) is 5.62. The number of nitrogens with zero attached hydrogens (tertiary/aromatic N) is 2. The molecule has 1 aromatic carbocycles. The van der Waals surface area contributed by atoms with Crippen LogP contribution in [0.3, 0.4) is 0 Å². The molecule has 2 aromatic rings. The summed E-state index contributed by atoms with van der Waals surface area (Å²) in [5.74, 6) is -0.958. The van der Waals surface area contributed by atoms with Gasteiger partial charge in [0.25, 0.3) is 5.56 Å². The van der Waals surface area contributed by atoms with E-state index in [9.17, 15) is 19.5 Å². The Morgan fingerprint density at radius 2 is 1.92 bits per heavy atom. The second kappa shape index (κ2) is 7.02. The number of hydrogen-bond donors (Lipinski definition) is 2. The predicted octanol–water partition coefficient (Wildman–Crippen LogP) is 0.679. The largest absolute Gasteiger partial charge is 0.480 e. The number of fused-ring (bicyclic) bond motifs is 1. The van der Waals surface area contributed by atoms with Crippen LogP contribution in [0.5, 0.6) is 0 Å². The minimum absolute atomic E-state index is 0. The summed E-state index contributed by atoms with van der Waals surface area (Å²) >= 11 is 0. The molecule has 1 unspecified atom stereocenters. The Morgan fingerprint density at radius 3 is 2.54 bits per heavy atom. The number of benzene rings is 1. The van der Waals surface area contributed by atoms with Gasteiger partial charge in [0.1, 0.15) is 6.04 Å². The summed E-state index contributed by atoms with van der Waals surface area (Å²) in [6.07, 6.45) is 0.442. The van der Waals surface area contributed by atoms with Gasteiger partial charge in [-0.1, -0.05) is 30.3 Å². The number of carboxylic acid groups (broad SMARTS) is 1. The lowest BCUT2D eigenvalue weighted by Crippen LogP contribution is -2.45. The fourth-order valence-corrected chi connectivity index (χ4v) is 2.99. The molecule has 0 amide bonds. The van der Waals surface area contributed by atoms with Crippen molar-refractivity contribution in [1.82, 2.24) is 14.5 Å². The van der Waals surface area contributed by atoms with Crippen molar-refractivity contribution >= 4 is 18.4 Å². The molecule has 0 saturated heterocycles. The molecule has 3 rings (SSSR count). The summed E-state index contributed by atoms with van der Waals surface area (Å²) < 4.78 is 1.01. The van der Waals surface area contributed by atoms with E-state index in [1.165, 1.54) is 7.05 Å². The van der Waals surface area contributed by atoms with E-state index in [2.05, 4.69) is 4.98 Å². The Bertz CT molecular complexity index is 860. The summed E-state index contributed by atoms with van der Waals surface area (Å²) in [4.78, 5) is 40.1. The molecule has 7 nitrogen and oxygen atoms in total. The summed E-state index contributed by atoms with van der Waals surface area (Å²) in [5.41, 5.74) is 0.919. The number of carboxylic acids is 1. The average Bonchev–Trinajstić information content (AvgIpc) is 2.54. The molecule has 1 aliphatic rings. The monoisotopic (exact) mass is 351 g/mol. The zero-order valence-electron chi connectivity index (χ0n) is 13.1. The van der Waals surface area contributed by atoms with Crippen molar-refractivity contribution in [2.45, 2.75) is 19.0 Å². The molecule has 1 aromatic heterocycles. The first kappa shape index (κ1) is 18.0. The number of aromatic amines is 1. The molecule has 1 aliphatic heterocycles. The van der Waals surface area contributed by atoms with Crippen LogP contribution in [0.4, 0.5) is 0 Å². The van der Waals surface area contributed by atoms with Crippen molar-refractivity contribution in [1.29, 1.82) is 0 Å². The minimum Gasteiger partial charge on any atom is -0.480 e. The number of halogens is 1. The van der Waals surface area contributed by atoms with Crippen molar-refractivity contribution < 1.29 is 9.90 Å². The Balaban J connectivity index is 0.00000208.